The van der Waals surface area contributed by atoms with Crippen LogP contribution in [0.2, 0.25) is 0 Å². The van der Waals surface area contributed by atoms with Crippen molar-refractivity contribution in [2.24, 2.45) is 0 Å². The van der Waals surface area contributed by atoms with Gasteiger partial charge in [0, 0.05) is 5.56 Å². The van der Waals surface area contributed by atoms with Gasteiger partial charge in [0.05, 0.1) is 16.9 Å². The Kier molecular flexibility index (Phi) is 3.80. The summed E-state index contributed by atoms with van der Waals surface area (Å²) < 4.78 is 0. The molecule has 0 radical (unpaired) electrons. The van der Waals surface area contributed by atoms with Gasteiger partial charge in [0.2, 0.25) is 0 Å². The molecule has 1 aromatic rings. The van der Waals surface area contributed by atoms with Crippen molar-refractivity contribution >= 4 is 35.0 Å². The summed E-state index contributed by atoms with van der Waals surface area (Å²) >= 11 is 0.627. The predicted molar refractivity (Wildman–Crippen MR) is 70.4 cm³/mol. The molecule has 0 saturated carbocycles. The van der Waals surface area contributed by atoms with Crippen LogP contribution < -0.4 is 5.11 Å². The minimum absolute atomic E-state index is 0.0350. The van der Waals surface area contributed by atoms with Crippen LogP contribution >= 0.6 is 11.8 Å². The zero-order valence-corrected chi connectivity index (χ0v) is 11.2. The third-order valence-corrected chi connectivity index (χ3v) is 3.66. The van der Waals surface area contributed by atoms with Crippen LogP contribution in [0.5, 0.6) is 5.75 Å². The summed E-state index contributed by atoms with van der Waals surface area (Å²) in [7, 11) is 0. The van der Waals surface area contributed by atoms with Crippen molar-refractivity contribution in [3.8, 4) is 5.75 Å². The Labute approximate surface area is 118 Å². The van der Waals surface area contributed by atoms with E-state index >= 15 is 0 Å². The van der Waals surface area contributed by atoms with Crippen LogP contribution in [0.25, 0.3) is 6.08 Å². The van der Waals surface area contributed by atoms with Gasteiger partial charge in [0.15, 0.2) is 0 Å². The fourth-order valence-electron chi connectivity index (χ4n) is 1.67. The van der Waals surface area contributed by atoms with Gasteiger partial charge in [-0.3, -0.25) is 14.5 Å². The molecule has 0 aliphatic carbocycles. The molecule has 1 aliphatic rings. The molecule has 20 heavy (non-hydrogen) atoms. The zero-order chi connectivity index (χ0) is 14.9. The molecule has 0 unspecified atom stereocenters. The maximum absolute atomic E-state index is 12.0. The number of imide groups is 1. The van der Waals surface area contributed by atoms with Gasteiger partial charge in [-0.25, -0.2) is 0 Å². The van der Waals surface area contributed by atoms with Gasteiger partial charge in [0.1, 0.15) is 5.75 Å². The lowest BCUT2D eigenvalue weighted by Gasteiger charge is -2.21. The Morgan fingerprint density at radius 2 is 2.05 bits per heavy atom. The molecule has 0 aromatic heterocycles. The number of carbonyl (C=O) groups excluding carboxylic acids is 3. The number of hydrogen-bond acceptors (Lipinski definition) is 6. The van der Waals surface area contributed by atoms with Crippen molar-refractivity contribution in [1.82, 2.24) is 4.90 Å². The third kappa shape index (κ3) is 2.53. The van der Waals surface area contributed by atoms with Crippen molar-refractivity contribution in [2.45, 2.75) is 13.0 Å². The van der Waals surface area contributed by atoms with Crippen LogP contribution in [0.3, 0.4) is 0 Å². The van der Waals surface area contributed by atoms with E-state index in [0.717, 1.165) is 0 Å². The summed E-state index contributed by atoms with van der Waals surface area (Å²) in [6.45, 7) is 1.20. The highest BCUT2D eigenvalue weighted by Crippen LogP contribution is 2.34. The van der Waals surface area contributed by atoms with Crippen molar-refractivity contribution in [2.75, 3.05) is 0 Å². The van der Waals surface area contributed by atoms with Crippen LogP contribution in [-0.2, 0) is 9.59 Å². The molecule has 2 rings (SSSR count). The molecule has 0 bridgehead atoms. The Bertz CT molecular complexity index is 625. The summed E-state index contributed by atoms with van der Waals surface area (Å²) in [6.07, 6.45) is 1.35. The second-order valence-corrected chi connectivity index (χ2v) is 5.10. The number of carboxylic acid groups (broad SMARTS) is 1. The molecule has 6 nitrogen and oxygen atoms in total. The molecule has 1 aromatic carbocycles. The monoisotopic (exact) mass is 292 g/mol. The average Bonchev–Trinajstić information content (AvgIpc) is 2.66. The zero-order valence-electron chi connectivity index (χ0n) is 10.4. The number of aliphatic carboxylic acids is 1. The quantitative estimate of drug-likeness (QED) is 0.818. The normalized spacial score (nSPS) is 18.6. The van der Waals surface area contributed by atoms with Crippen LogP contribution in [0.1, 0.15) is 12.5 Å². The Balaban J connectivity index is 2.33. The third-order valence-electron chi connectivity index (χ3n) is 2.78. The number of hydrogen-bond donors (Lipinski definition) is 1. The number of carbonyl (C=O) groups is 3. The number of benzene rings is 1. The van der Waals surface area contributed by atoms with E-state index in [1.165, 1.54) is 19.1 Å². The molecule has 0 spiro atoms. The molecular formula is C13H10NO5S-. The first kappa shape index (κ1) is 14.1. The highest BCUT2D eigenvalue weighted by molar-refractivity contribution is 8.18. The number of amides is 2. The summed E-state index contributed by atoms with van der Waals surface area (Å²) in [4.78, 5) is 35.2. The van der Waals surface area contributed by atoms with Crippen LogP contribution in [0, 0.1) is 0 Å². The summed E-state index contributed by atoms with van der Waals surface area (Å²) in [6, 6.07) is 4.97. The standard InChI is InChI=1S/C13H11NO5S/c1-7(12(17)18)14-11(16)10(20-13(14)19)6-8-4-2-3-5-9(8)15/h2-7,15H,1H3,(H,17,18)/p-1/b10-6-/t7-/m0/s1. The number of nitrogens with zero attached hydrogens (tertiary/aromatic N) is 1. The maximum Gasteiger partial charge on any atom is 0.294 e. The molecule has 1 saturated heterocycles. The summed E-state index contributed by atoms with van der Waals surface area (Å²) in [5.74, 6) is -2.25. The molecular weight excluding hydrogens is 282 g/mol. The first-order valence-electron chi connectivity index (χ1n) is 5.67. The summed E-state index contributed by atoms with van der Waals surface area (Å²) in [5, 5.41) is 19.7. The van der Waals surface area contributed by atoms with Crippen molar-refractivity contribution < 1.29 is 24.6 Å². The van der Waals surface area contributed by atoms with Gasteiger partial charge in [-0.2, -0.15) is 0 Å². The van der Waals surface area contributed by atoms with Crippen LogP contribution in [0.15, 0.2) is 29.2 Å². The van der Waals surface area contributed by atoms with Gasteiger partial charge in [-0.1, -0.05) is 18.2 Å². The fraction of sp³-hybridized carbons (Fsp3) is 0.154. The highest BCUT2D eigenvalue weighted by Gasteiger charge is 2.38. The van der Waals surface area contributed by atoms with Crippen molar-refractivity contribution in [3.05, 3.63) is 34.7 Å². The number of phenols is 1. The van der Waals surface area contributed by atoms with E-state index in [9.17, 15) is 24.6 Å². The lowest BCUT2D eigenvalue weighted by molar-refractivity contribution is -0.309. The number of thioether (sulfide) groups is 1. The molecule has 104 valence electrons. The van der Waals surface area contributed by atoms with E-state index in [4.69, 9.17) is 0 Å². The number of rotatable bonds is 3. The minimum Gasteiger partial charge on any atom is -0.548 e. The summed E-state index contributed by atoms with van der Waals surface area (Å²) in [5.41, 5.74) is 0.374. The molecule has 1 fully saturated rings. The van der Waals surface area contributed by atoms with E-state index in [2.05, 4.69) is 0 Å². The number of carboxylic acids is 1. The molecule has 1 atom stereocenters. The number of para-hydroxylation sites is 1. The van der Waals surface area contributed by atoms with Gasteiger partial charge >= 0.3 is 0 Å². The van der Waals surface area contributed by atoms with E-state index in [-0.39, 0.29) is 10.7 Å². The molecule has 1 N–H and O–H groups in total. The van der Waals surface area contributed by atoms with E-state index in [0.29, 0.717) is 22.2 Å². The second kappa shape index (κ2) is 5.38. The Morgan fingerprint density at radius 3 is 2.65 bits per heavy atom. The highest BCUT2D eigenvalue weighted by atomic mass is 32.2. The van der Waals surface area contributed by atoms with Crippen LogP contribution in [0.4, 0.5) is 4.79 Å². The minimum atomic E-state index is -1.50. The van der Waals surface area contributed by atoms with E-state index in [1.807, 2.05) is 0 Å². The van der Waals surface area contributed by atoms with Gasteiger partial charge in [-0.05, 0) is 30.8 Å². The number of phenolic OH excluding ortho intramolecular Hbond substituents is 1. The van der Waals surface area contributed by atoms with E-state index in [1.54, 1.807) is 18.2 Å². The smallest absolute Gasteiger partial charge is 0.294 e. The molecule has 1 aliphatic heterocycles. The first-order valence-corrected chi connectivity index (χ1v) is 6.49. The maximum atomic E-state index is 12.0. The SMILES string of the molecule is C[C@@H](C(=O)[O-])N1C(=O)S/C(=C\c2ccccc2O)C1=O. The van der Waals surface area contributed by atoms with Gasteiger partial charge < -0.3 is 15.0 Å². The first-order chi connectivity index (χ1) is 9.41. The predicted octanol–water partition coefficient (Wildman–Crippen LogP) is 0.567. The number of aromatic hydroxyl groups is 1. The molecule has 2 amide bonds. The van der Waals surface area contributed by atoms with Crippen molar-refractivity contribution in [1.29, 1.82) is 0 Å². The fourth-order valence-corrected chi connectivity index (χ4v) is 2.57. The molecule has 1 heterocycles. The van der Waals surface area contributed by atoms with Crippen molar-refractivity contribution in [3.63, 3.8) is 0 Å². The molecule has 7 heteroatoms. The van der Waals surface area contributed by atoms with E-state index < -0.39 is 23.2 Å². The average molecular weight is 292 g/mol. The largest absolute Gasteiger partial charge is 0.548 e. The Morgan fingerprint density at radius 1 is 1.40 bits per heavy atom. The lowest BCUT2D eigenvalue weighted by Crippen LogP contribution is -2.48. The van der Waals surface area contributed by atoms with Gasteiger partial charge in [-0.15, -0.1) is 0 Å². The lowest BCUT2D eigenvalue weighted by atomic mass is 10.2. The second-order valence-electron chi connectivity index (χ2n) is 4.11. The topological polar surface area (TPSA) is 97.7 Å². The van der Waals surface area contributed by atoms with Crippen LogP contribution in [-0.4, -0.2) is 33.2 Å². The van der Waals surface area contributed by atoms with Gasteiger partial charge in [0.25, 0.3) is 11.1 Å². The Hall–Kier alpha value is -2.28.